The normalized spacial score (nSPS) is 23.8. The maximum absolute atomic E-state index is 5.08. The highest BCUT2D eigenvalue weighted by Crippen LogP contribution is 2.28. The fraction of sp³-hybridized carbons (Fsp3) is 0.250. The van der Waals surface area contributed by atoms with Gasteiger partial charge in [0.25, 0.3) is 0 Å². The minimum absolute atomic E-state index is 0.389. The molecule has 45 valence electrons. The third-order valence-electron chi connectivity index (χ3n) is 1.45. The molecule has 1 aliphatic rings. The predicted octanol–water partition coefficient (Wildman–Crippen LogP) is 1.56. The van der Waals surface area contributed by atoms with Crippen LogP contribution in [0.5, 0.6) is 0 Å². The van der Waals surface area contributed by atoms with Crippen LogP contribution in [-0.2, 0) is 4.74 Å². The summed E-state index contributed by atoms with van der Waals surface area (Å²) in [7, 11) is 0. The molecule has 1 fully saturated rings. The molecule has 0 saturated carbocycles. The van der Waals surface area contributed by atoms with Crippen molar-refractivity contribution in [3.63, 3.8) is 0 Å². The standard InChI is InChI=1S/C8H7O/c1-2-4-7(5-3-1)8-6-9-8/h2-5,8H,6H2. The minimum atomic E-state index is 0.389. The third kappa shape index (κ3) is 0.958. The molecule has 1 heteroatoms. The molecule has 1 aliphatic heterocycles. The summed E-state index contributed by atoms with van der Waals surface area (Å²) in [6, 6.07) is 10.9. The summed E-state index contributed by atoms with van der Waals surface area (Å²) < 4.78 is 5.08. The average Bonchev–Trinajstić information content (AvgIpc) is 2.71. The Bertz CT molecular complexity index is 189. The lowest BCUT2D eigenvalue weighted by atomic mass is 10.2. The lowest BCUT2D eigenvalue weighted by molar-refractivity contribution is 0.415. The van der Waals surface area contributed by atoms with Gasteiger partial charge in [0.15, 0.2) is 0 Å². The molecule has 1 unspecified atom stereocenters. The molecular formula is C8H7O. The fourth-order valence-electron chi connectivity index (χ4n) is 0.855. The number of hydrogen-bond donors (Lipinski definition) is 0. The van der Waals surface area contributed by atoms with E-state index in [2.05, 4.69) is 6.07 Å². The second-order valence-electron chi connectivity index (χ2n) is 2.16. The zero-order valence-electron chi connectivity index (χ0n) is 5.00. The number of ether oxygens (including phenoxy) is 1. The zero-order chi connectivity index (χ0) is 6.10. The molecule has 1 heterocycles. The van der Waals surface area contributed by atoms with E-state index in [0.717, 1.165) is 6.61 Å². The second kappa shape index (κ2) is 1.85. The summed E-state index contributed by atoms with van der Waals surface area (Å²) >= 11 is 0. The Labute approximate surface area is 54.3 Å². The summed E-state index contributed by atoms with van der Waals surface area (Å²) in [4.78, 5) is 0. The molecule has 0 aromatic heterocycles. The lowest BCUT2D eigenvalue weighted by Gasteiger charge is -1.89. The van der Waals surface area contributed by atoms with Crippen molar-refractivity contribution in [3.05, 3.63) is 35.9 Å². The van der Waals surface area contributed by atoms with Crippen molar-refractivity contribution in [2.24, 2.45) is 0 Å². The van der Waals surface area contributed by atoms with E-state index < -0.39 is 0 Å². The Morgan fingerprint density at radius 3 is 2.67 bits per heavy atom. The van der Waals surface area contributed by atoms with E-state index in [0.29, 0.717) is 6.10 Å². The summed E-state index contributed by atoms with van der Waals surface area (Å²) in [5.41, 5.74) is 1.27. The van der Waals surface area contributed by atoms with Crippen LogP contribution in [0.3, 0.4) is 0 Å². The fourth-order valence-corrected chi connectivity index (χ4v) is 0.855. The molecule has 0 aliphatic carbocycles. The van der Waals surface area contributed by atoms with Crippen LogP contribution in [0.2, 0.25) is 0 Å². The third-order valence-corrected chi connectivity index (χ3v) is 1.45. The first kappa shape index (κ1) is 5.00. The SMILES string of the molecule is [c]1ccc(C2CO2)cc1. The topological polar surface area (TPSA) is 12.5 Å². The summed E-state index contributed by atoms with van der Waals surface area (Å²) in [5.74, 6) is 0. The van der Waals surface area contributed by atoms with Crippen molar-refractivity contribution in [3.8, 4) is 0 Å². The van der Waals surface area contributed by atoms with Gasteiger partial charge in [-0.25, -0.2) is 0 Å². The lowest BCUT2D eigenvalue weighted by Crippen LogP contribution is -1.75. The Balaban J connectivity index is 2.29. The van der Waals surface area contributed by atoms with Crippen LogP contribution >= 0.6 is 0 Å². The van der Waals surface area contributed by atoms with Gasteiger partial charge < -0.3 is 4.74 Å². The number of hydrogen-bond acceptors (Lipinski definition) is 1. The summed E-state index contributed by atoms with van der Waals surface area (Å²) in [6.45, 7) is 0.893. The Morgan fingerprint density at radius 2 is 2.11 bits per heavy atom. The molecule has 0 amide bonds. The van der Waals surface area contributed by atoms with E-state index in [1.54, 1.807) is 0 Å². The number of rotatable bonds is 1. The van der Waals surface area contributed by atoms with Crippen LogP contribution in [0.1, 0.15) is 11.7 Å². The molecule has 0 N–H and O–H groups in total. The van der Waals surface area contributed by atoms with Crippen LogP contribution in [0, 0.1) is 6.07 Å². The van der Waals surface area contributed by atoms with Gasteiger partial charge in [0.05, 0.1) is 6.61 Å². The van der Waals surface area contributed by atoms with Gasteiger partial charge in [-0.1, -0.05) is 24.3 Å². The summed E-state index contributed by atoms with van der Waals surface area (Å²) in [6.07, 6.45) is 0.389. The van der Waals surface area contributed by atoms with Gasteiger partial charge in [-0.05, 0) is 11.6 Å². The molecular weight excluding hydrogens is 112 g/mol. The molecule has 9 heavy (non-hydrogen) atoms. The molecule has 0 spiro atoms. The predicted molar refractivity (Wildman–Crippen MR) is 34.0 cm³/mol. The highest BCUT2D eigenvalue weighted by molar-refractivity contribution is 5.19. The molecule has 1 aromatic rings. The van der Waals surface area contributed by atoms with Crippen molar-refractivity contribution >= 4 is 0 Å². The largest absolute Gasteiger partial charge is 0.368 e. The molecule has 1 nitrogen and oxygen atoms in total. The van der Waals surface area contributed by atoms with E-state index >= 15 is 0 Å². The Kier molecular flexibility index (Phi) is 1.03. The Hall–Kier alpha value is -0.820. The van der Waals surface area contributed by atoms with Gasteiger partial charge in [-0.15, -0.1) is 0 Å². The van der Waals surface area contributed by atoms with Crippen LogP contribution in [0.25, 0.3) is 0 Å². The molecule has 0 bridgehead atoms. The van der Waals surface area contributed by atoms with Crippen LogP contribution in [-0.4, -0.2) is 6.61 Å². The van der Waals surface area contributed by atoms with E-state index in [-0.39, 0.29) is 0 Å². The maximum atomic E-state index is 5.08. The molecule has 1 atom stereocenters. The van der Waals surface area contributed by atoms with Crippen molar-refractivity contribution in [2.75, 3.05) is 6.61 Å². The molecule has 2 rings (SSSR count). The van der Waals surface area contributed by atoms with E-state index in [9.17, 15) is 0 Å². The monoisotopic (exact) mass is 119 g/mol. The molecule has 1 radical (unpaired) electrons. The van der Waals surface area contributed by atoms with Gasteiger partial charge in [0, 0.05) is 0 Å². The van der Waals surface area contributed by atoms with Crippen LogP contribution in [0.4, 0.5) is 0 Å². The van der Waals surface area contributed by atoms with Crippen molar-refractivity contribution in [1.82, 2.24) is 0 Å². The highest BCUT2D eigenvalue weighted by Gasteiger charge is 2.23. The molecule has 1 saturated heterocycles. The first-order valence-corrected chi connectivity index (χ1v) is 3.04. The van der Waals surface area contributed by atoms with Crippen molar-refractivity contribution in [2.45, 2.75) is 6.10 Å². The zero-order valence-corrected chi connectivity index (χ0v) is 5.00. The number of epoxide rings is 1. The quantitative estimate of drug-likeness (QED) is 0.511. The smallest absolute Gasteiger partial charge is 0.106 e. The van der Waals surface area contributed by atoms with E-state index in [1.165, 1.54) is 5.56 Å². The maximum Gasteiger partial charge on any atom is 0.106 e. The second-order valence-corrected chi connectivity index (χ2v) is 2.16. The number of benzene rings is 1. The van der Waals surface area contributed by atoms with E-state index in [1.807, 2.05) is 24.3 Å². The van der Waals surface area contributed by atoms with Gasteiger partial charge in [-0.3, -0.25) is 0 Å². The van der Waals surface area contributed by atoms with Crippen LogP contribution in [0.15, 0.2) is 24.3 Å². The minimum Gasteiger partial charge on any atom is -0.368 e. The molecule has 1 aromatic carbocycles. The average molecular weight is 119 g/mol. The van der Waals surface area contributed by atoms with Crippen molar-refractivity contribution in [1.29, 1.82) is 0 Å². The van der Waals surface area contributed by atoms with Gasteiger partial charge in [0.1, 0.15) is 6.10 Å². The van der Waals surface area contributed by atoms with Gasteiger partial charge in [0.2, 0.25) is 0 Å². The van der Waals surface area contributed by atoms with E-state index in [4.69, 9.17) is 4.74 Å². The highest BCUT2D eigenvalue weighted by atomic mass is 16.6. The van der Waals surface area contributed by atoms with Crippen molar-refractivity contribution < 1.29 is 4.74 Å². The van der Waals surface area contributed by atoms with Gasteiger partial charge in [-0.2, -0.15) is 0 Å². The first-order valence-electron chi connectivity index (χ1n) is 3.04. The summed E-state index contributed by atoms with van der Waals surface area (Å²) in [5, 5.41) is 0. The Morgan fingerprint density at radius 1 is 1.44 bits per heavy atom. The van der Waals surface area contributed by atoms with Gasteiger partial charge >= 0.3 is 0 Å². The first-order chi connectivity index (χ1) is 4.47. The van der Waals surface area contributed by atoms with Crippen LogP contribution < -0.4 is 0 Å².